The predicted molar refractivity (Wildman–Crippen MR) is 76.6 cm³/mol. The van der Waals surface area contributed by atoms with Gasteiger partial charge < -0.3 is 19.9 Å². The van der Waals surface area contributed by atoms with Crippen LogP contribution in [0.1, 0.15) is 18.9 Å². The standard InChI is InChI=1S/C15H25NO3/c1-13(16)12-14-6-3-4-7-15(14)19-11-10-18-9-5-8-17-2/h3-4,6-7,13H,5,8-12,16H2,1-2H3. The highest BCUT2D eigenvalue weighted by molar-refractivity contribution is 5.33. The molecular weight excluding hydrogens is 242 g/mol. The van der Waals surface area contributed by atoms with Gasteiger partial charge in [0.15, 0.2) is 0 Å². The minimum absolute atomic E-state index is 0.134. The van der Waals surface area contributed by atoms with Crippen molar-refractivity contribution in [3.8, 4) is 5.75 Å². The molecule has 1 aromatic rings. The van der Waals surface area contributed by atoms with E-state index in [1.807, 2.05) is 25.1 Å². The number of nitrogens with two attached hydrogens (primary N) is 1. The van der Waals surface area contributed by atoms with Gasteiger partial charge in [0.25, 0.3) is 0 Å². The van der Waals surface area contributed by atoms with Crippen LogP contribution >= 0.6 is 0 Å². The minimum atomic E-state index is 0.134. The van der Waals surface area contributed by atoms with Crippen LogP contribution in [-0.4, -0.2) is 39.6 Å². The molecule has 0 spiro atoms. The molecule has 0 aliphatic heterocycles. The Morgan fingerprint density at radius 3 is 2.63 bits per heavy atom. The minimum Gasteiger partial charge on any atom is -0.491 e. The Morgan fingerprint density at radius 2 is 1.89 bits per heavy atom. The first-order valence-electron chi connectivity index (χ1n) is 6.77. The van der Waals surface area contributed by atoms with Crippen molar-refractivity contribution < 1.29 is 14.2 Å². The van der Waals surface area contributed by atoms with Crippen molar-refractivity contribution in [1.82, 2.24) is 0 Å². The van der Waals surface area contributed by atoms with Crippen LogP contribution in [0.15, 0.2) is 24.3 Å². The smallest absolute Gasteiger partial charge is 0.122 e. The quantitative estimate of drug-likeness (QED) is 0.659. The van der Waals surface area contributed by atoms with E-state index in [1.165, 1.54) is 0 Å². The topological polar surface area (TPSA) is 53.7 Å². The van der Waals surface area contributed by atoms with E-state index in [9.17, 15) is 0 Å². The summed E-state index contributed by atoms with van der Waals surface area (Å²) in [4.78, 5) is 0. The second-order valence-electron chi connectivity index (χ2n) is 4.60. The van der Waals surface area contributed by atoms with Crippen molar-refractivity contribution in [3.05, 3.63) is 29.8 Å². The summed E-state index contributed by atoms with van der Waals surface area (Å²) in [6, 6.07) is 8.14. The number of hydrogen-bond acceptors (Lipinski definition) is 4. The highest BCUT2D eigenvalue weighted by Crippen LogP contribution is 2.19. The largest absolute Gasteiger partial charge is 0.491 e. The van der Waals surface area contributed by atoms with Gasteiger partial charge in [0.1, 0.15) is 12.4 Å². The summed E-state index contributed by atoms with van der Waals surface area (Å²) in [6.45, 7) is 4.59. The van der Waals surface area contributed by atoms with Gasteiger partial charge in [-0.05, 0) is 31.4 Å². The third-order valence-electron chi connectivity index (χ3n) is 2.64. The Balaban J connectivity index is 2.25. The van der Waals surface area contributed by atoms with Crippen molar-refractivity contribution >= 4 is 0 Å². The molecule has 4 nitrogen and oxygen atoms in total. The SMILES string of the molecule is COCCCOCCOc1ccccc1CC(C)N. The summed E-state index contributed by atoms with van der Waals surface area (Å²) >= 11 is 0. The Hall–Kier alpha value is -1.10. The van der Waals surface area contributed by atoms with E-state index in [-0.39, 0.29) is 6.04 Å². The van der Waals surface area contributed by atoms with Crippen molar-refractivity contribution in [2.24, 2.45) is 5.73 Å². The van der Waals surface area contributed by atoms with E-state index in [0.29, 0.717) is 19.8 Å². The Kier molecular flexibility index (Phi) is 8.21. The summed E-state index contributed by atoms with van der Waals surface area (Å²) in [6.07, 6.45) is 1.74. The molecule has 0 heterocycles. The Bertz CT molecular complexity index is 342. The van der Waals surface area contributed by atoms with Crippen molar-refractivity contribution in [3.63, 3.8) is 0 Å². The number of para-hydroxylation sites is 1. The van der Waals surface area contributed by atoms with E-state index in [1.54, 1.807) is 7.11 Å². The molecule has 1 atom stereocenters. The van der Waals surface area contributed by atoms with Gasteiger partial charge in [-0.15, -0.1) is 0 Å². The van der Waals surface area contributed by atoms with E-state index in [0.717, 1.165) is 30.8 Å². The first kappa shape index (κ1) is 16.0. The highest BCUT2D eigenvalue weighted by Gasteiger charge is 2.05. The van der Waals surface area contributed by atoms with Gasteiger partial charge in [0.2, 0.25) is 0 Å². The van der Waals surface area contributed by atoms with Crippen LogP contribution in [0.2, 0.25) is 0 Å². The normalized spacial score (nSPS) is 12.4. The number of rotatable bonds is 10. The number of benzene rings is 1. The Morgan fingerprint density at radius 1 is 1.11 bits per heavy atom. The zero-order chi connectivity index (χ0) is 13.9. The van der Waals surface area contributed by atoms with Crippen LogP contribution in [0.5, 0.6) is 5.75 Å². The van der Waals surface area contributed by atoms with Crippen molar-refractivity contribution in [1.29, 1.82) is 0 Å². The molecule has 0 aromatic heterocycles. The van der Waals surface area contributed by atoms with Crippen molar-refractivity contribution in [2.75, 3.05) is 33.5 Å². The summed E-state index contributed by atoms with van der Waals surface area (Å²) < 4.78 is 16.1. The summed E-state index contributed by atoms with van der Waals surface area (Å²) in [5, 5.41) is 0. The number of hydrogen-bond donors (Lipinski definition) is 1. The van der Waals surface area contributed by atoms with Crippen LogP contribution in [0.4, 0.5) is 0 Å². The molecule has 0 saturated carbocycles. The lowest BCUT2D eigenvalue weighted by atomic mass is 10.1. The third-order valence-corrected chi connectivity index (χ3v) is 2.64. The maximum Gasteiger partial charge on any atom is 0.122 e. The molecule has 1 rings (SSSR count). The lowest BCUT2D eigenvalue weighted by Crippen LogP contribution is -2.18. The summed E-state index contributed by atoms with van der Waals surface area (Å²) in [5.74, 6) is 0.903. The van der Waals surface area contributed by atoms with E-state index >= 15 is 0 Å². The fraction of sp³-hybridized carbons (Fsp3) is 0.600. The molecule has 0 aliphatic rings. The van der Waals surface area contributed by atoms with Gasteiger partial charge in [-0.25, -0.2) is 0 Å². The second kappa shape index (κ2) is 9.78. The maximum absolute atomic E-state index is 5.82. The summed E-state index contributed by atoms with van der Waals surface area (Å²) in [7, 11) is 1.69. The molecule has 1 unspecified atom stereocenters. The van der Waals surface area contributed by atoms with Gasteiger partial charge in [-0.1, -0.05) is 18.2 Å². The third kappa shape index (κ3) is 7.15. The first-order valence-corrected chi connectivity index (χ1v) is 6.77. The predicted octanol–water partition coefficient (Wildman–Crippen LogP) is 2.01. The van der Waals surface area contributed by atoms with E-state index in [4.69, 9.17) is 19.9 Å². The van der Waals surface area contributed by atoms with Gasteiger partial charge in [0, 0.05) is 26.4 Å². The van der Waals surface area contributed by atoms with Crippen LogP contribution in [-0.2, 0) is 15.9 Å². The molecule has 0 amide bonds. The lowest BCUT2D eigenvalue weighted by molar-refractivity contribution is 0.0804. The van der Waals surface area contributed by atoms with Gasteiger partial charge in [0.05, 0.1) is 6.61 Å². The molecule has 4 heteroatoms. The first-order chi connectivity index (χ1) is 9.24. The van der Waals surface area contributed by atoms with Crippen molar-refractivity contribution in [2.45, 2.75) is 25.8 Å². The van der Waals surface area contributed by atoms with Gasteiger partial charge >= 0.3 is 0 Å². The molecule has 1 aromatic carbocycles. The molecule has 0 saturated heterocycles. The number of ether oxygens (including phenoxy) is 3. The second-order valence-corrected chi connectivity index (χ2v) is 4.60. The molecule has 0 aliphatic carbocycles. The molecule has 0 bridgehead atoms. The van der Waals surface area contributed by atoms with Crippen LogP contribution < -0.4 is 10.5 Å². The molecule has 108 valence electrons. The highest BCUT2D eigenvalue weighted by atomic mass is 16.5. The molecule has 0 radical (unpaired) electrons. The van der Waals surface area contributed by atoms with E-state index in [2.05, 4.69) is 6.07 Å². The lowest BCUT2D eigenvalue weighted by Gasteiger charge is -2.13. The molecule has 19 heavy (non-hydrogen) atoms. The summed E-state index contributed by atoms with van der Waals surface area (Å²) in [5.41, 5.74) is 6.97. The molecular formula is C15H25NO3. The zero-order valence-corrected chi connectivity index (χ0v) is 11.9. The molecule has 0 fully saturated rings. The molecule has 2 N–H and O–H groups in total. The van der Waals surface area contributed by atoms with Crippen LogP contribution in [0, 0.1) is 0 Å². The zero-order valence-electron chi connectivity index (χ0n) is 11.9. The Labute approximate surface area is 115 Å². The van der Waals surface area contributed by atoms with Gasteiger partial charge in [-0.2, -0.15) is 0 Å². The average Bonchev–Trinajstić information content (AvgIpc) is 2.39. The maximum atomic E-state index is 5.82. The average molecular weight is 267 g/mol. The van der Waals surface area contributed by atoms with Gasteiger partial charge in [-0.3, -0.25) is 0 Å². The fourth-order valence-electron chi connectivity index (χ4n) is 1.78. The van der Waals surface area contributed by atoms with Crippen LogP contribution in [0.3, 0.4) is 0 Å². The van der Waals surface area contributed by atoms with Crippen LogP contribution in [0.25, 0.3) is 0 Å². The number of methoxy groups -OCH3 is 1. The van der Waals surface area contributed by atoms with E-state index < -0.39 is 0 Å². The fourth-order valence-corrected chi connectivity index (χ4v) is 1.78. The monoisotopic (exact) mass is 267 g/mol.